The molecule has 0 atom stereocenters. The van der Waals surface area contributed by atoms with Crippen LogP contribution >= 0.6 is 15.9 Å². The van der Waals surface area contributed by atoms with Gasteiger partial charge < -0.3 is 19.7 Å². The Labute approximate surface area is 143 Å². The second-order valence-electron chi connectivity index (χ2n) is 5.03. The molecular weight excluding hydrogens is 358 g/mol. The topological polar surface area (TPSA) is 59.3 Å². The molecule has 23 heavy (non-hydrogen) atoms. The zero-order valence-corrected chi connectivity index (χ0v) is 14.2. The van der Waals surface area contributed by atoms with Crippen LogP contribution in [0.3, 0.4) is 0 Å². The second-order valence-corrected chi connectivity index (χ2v) is 5.95. The van der Waals surface area contributed by atoms with Crippen molar-refractivity contribution in [3.05, 3.63) is 53.0 Å². The summed E-state index contributed by atoms with van der Waals surface area (Å²) in [4.78, 5) is 4.57. The minimum atomic E-state index is 0.0672. The minimum Gasteiger partial charge on any atom is -0.492 e. The molecule has 0 aliphatic carbocycles. The van der Waals surface area contributed by atoms with Crippen molar-refractivity contribution in [1.82, 2.24) is 9.55 Å². The van der Waals surface area contributed by atoms with Crippen LogP contribution in [-0.2, 0) is 6.54 Å². The molecule has 0 amide bonds. The Kier molecular flexibility index (Phi) is 5.15. The Morgan fingerprint density at radius 3 is 2.87 bits per heavy atom. The third kappa shape index (κ3) is 3.83. The van der Waals surface area contributed by atoms with Crippen LogP contribution < -0.4 is 10.1 Å². The SMILES string of the molecule is OCCNc1nc2ccccc2n1CCOc1cccc(Br)c1. The van der Waals surface area contributed by atoms with Crippen molar-refractivity contribution in [2.24, 2.45) is 0 Å². The van der Waals surface area contributed by atoms with Crippen molar-refractivity contribution < 1.29 is 9.84 Å². The maximum atomic E-state index is 9.02. The van der Waals surface area contributed by atoms with Crippen LogP contribution in [0, 0.1) is 0 Å². The van der Waals surface area contributed by atoms with E-state index < -0.39 is 0 Å². The smallest absolute Gasteiger partial charge is 0.204 e. The van der Waals surface area contributed by atoms with Crippen LogP contribution in [0.1, 0.15) is 0 Å². The average molecular weight is 376 g/mol. The number of benzene rings is 2. The van der Waals surface area contributed by atoms with Gasteiger partial charge in [-0.05, 0) is 30.3 Å². The number of hydrogen-bond donors (Lipinski definition) is 2. The lowest BCUT2D eigenvalue weighted by Gasteiger charge is -2.11. The van der Waals surface area contributed by atoms with E-state index in [4.69, 9.17) is 9.84 Å². The predicted octanol–water partition coefficient (Wildman–Crippen LogP) is 3.28. The Morgan fingerprint density at radius 1 is 1.17 bits per heavy atom. The highest BCUT2D eigenvalue weighted by Gasteiger charge is 2.09. The standard InChI is InChI=1S/C17H18BrN3O2/c18-13-4-3-5-14(12-13)23-11-9-21-16-7-2-1-6-15(16)20-17(21)19-8-10-22/h1-7,12,22H,8-11H2,(H,19,20). The summed E-state index contributed by atoms with van der Waals surface area (Å²) < 4.78 is 8.88. The molecular formula is C17H18BrN3O2. The van der Waals surface area contributed by atoms with Gasteiger partial charge in [-0.2, -0.15) is 0 Å². The zero-order chi connectivity index (χ0) is 16.1. The molecule has 1 heterocycles. The fourth-order valence-corrected chi connectivity index (χ4v) is 2.79. The molecule has 0 saturated carbocycles. The van der Waals surface area contributed by atoms with Gasteiger partial charge in [0.25, 0.3) is 0 Å². The normalized spacial score (nSPS) is 10.9. The van der Waals surface area contributed by atoms with E-state index in [-0.39, 0.29) is 6.61 Å². The van der Waals surface area contributed by atoms with Crippen LogP contribution in [0.15, 0.2) is 53.0 Å². The summed E-state index contributed by atoms with van der Waals surface area (Å²) >= 11 is 3.44. The minimum absolute atomic E-state index is 0.0672. The van der Waals surface area contributed by atoms with Crippen molar-refractivity contribution in [3.8, 4) is 5.75 Å². The average Bonchev–Trinajstić information content (AvgIpc) is 2.91. The van der Waals surface area contributed by atoms with Crippen molar-refractivity contribution in [2.45, 2.75) is 6.54 Å². The lowest BCUT2D eigenvalue weighted by atomic mass is 10.3. The molecule has 6 heteroatoms. The number of hydrogen-bond acceptors (Lipinski definition) is 4. The summed E-state index contributed by atoms with van der Waals surface area (Å²) in [6, 6.07) is 15.8. The predicted molar refractivity (Wildman–Crippen MR) is 94.9 cm³/mol. The van der Waals surface area contributed by atoms with Gasteiger partial charge in [0.1, 0.15) is 12.4 Å². The first-order valence-corrected chi connectivity index (χ1v) is 8.25. The number of rotatable bonds is 7. The van der Waals surface area contributed by atoms with Gasteiger partial charge in [0.05, 0.1) is 24.2 Å². The van der Waals surface area contributed by atoms with E-state index in [0.717, 1.165) is 27.2 Å². The third-order valence-electron chi connectivity index (χ3n) is 3.43. The van der Waals surface area contributed by atoms with E-state index in [1.807, 2.05) is 48.5 Å². The number of fused-ring (bicyclic) bond motifs is 1. The Morgan fingerprint density at radius 2 is 2.04 bits per heavy atom. The van der Waals surface area contributed by atoms with Gasteiger partial charge >= 0.3 is 0 Å². The van der Waals surface area contributed by atoms with Crippen molar-refractivity contribution in [1.29, 1.82) is 0 Å². The number of halogens is 1. The molecule has 2 N–H and O–H groups in total. The van der Waals surface area contributed by atoms with Gasteiger partial charge in [0.2, 0.25) is 5.95 Å². The van der Waals surface area contributed by atoms with Gasteiger partial charge in [0, 0.05) is 11.0 Å². The van der Waals surface area contributed by atoms with Gasteiger partial charge in [-0.25, -0.2) is 4.98 Å². The van der Waals surface area contributed by atoms with Gasteiger partial charge in [-0.1, -0.05) is 34.1 Å². The van der Waals surface area contributed by atoms with E-state index in [9.17, 15) is 0 Å². The first kappa shape index (κ1) is 15.8. The molecule has 3 aromatic rings. The molecule has 0 saturated heterocycles. The Bertz CT molecular complexity index is 788. The third-order valence-corrected chi connectivity index (χ3v) is 3.92. The molecule has 2 aromatic carbocycles. The number of aromatic nitrogens is 2. The van der Waals surface area contributed by atoms with Crippen molar-refractivity contribution >= 4 is 32.9 Å². The maximum Gasteiger partial charge on any atom is 0.204 e. The molecule has 0 unspecified atom stereocenters. The molecule has 3 rings (SSSR count). The number of anilines is 1. The second kappa shape index (κ2) is 7.48. The van der Waals surface area contributed by atoms with E-state index in [0.29, 0.717) is 19.7 Å². The van der Waals surface area contributed by atoms with Gasteiger partial charge in [0.15, 0.2) is 0 Å². The summed E-state index contributed by atoms with van der Waals surface area (Å²) in [5.74, 6) is 1.58. The van der Waals surface area contributed by atoms with Crippen LogP contribution in [0.4, 0.5) is 5.95 Å². The molecule has 0 spiro atoms. The molecule has 0 aliphatic heterocycles. The van der Waals surface area contributed by atoms with Crippen molar-refractivity contribution in [2.75, 3.05) is 25.1 Å². The van der Waals surface area contributed by atoms with E-state index in [1.54, 1.807) is 0 Å². The number of imidazole rings is 1. The molecule has 1 aromatic heterocycles. The number of para-hydroxylation sites is 2. The quantitative estimate of drug-likeness (QED) is 0.665. The summed E-state index contributed by atoms with van der Waals surface area (Å²) in [7, 11) is 0. The summed E-state index contributed by atoms with van der Waals surface area (Å²) in [6.07, 6.45) is 0. The lowest BCUT2D eigenvalue weighted by Crippen LogP contribution is -2.14. The summed E-state index contributed by atoms with van der Waals surface area (Å²) in [6.45, 7) is 1.74. The molecule has 0 aliphatic rings. The number of nitrogens with zero attached hydrogens (tertiary/aromatic N) is 2. The van der Waals surface area contributed by atoms with Gasteiger partial charge in [-0.15, -0.1) is 0 Å². The Hall–Kier alpha value is -2.05. The number of nitrogens with one attached hydrogen (secondary N) is 1. The molecule has 0 fully saturated rings. The molecule has 5 nitrogen and oxygen atoms in total. The number of ether oxygens (including phenoxy) is 1. The first-order chi connectivity index (χ1) is 11.3. The van der Waals surface area contributed by atoms with Crippen molar-refractivity contribution in [3.63, 3.8) is 0 Å². The first-order valence-electron chi connectivity index (χ1n) is 7.46. The fourth-order valence-electron chi connectivity index (χ4n) is 2.42. The highest BCUT2D eigenvalue weighted by Crippen LogP contribution is 2.21. The number of aliphatic hydroxyl groups excluding tert-OH is 1. The summed E-state index contributed by atoms with van der Waals surface area (Å²) in [5, 5.41) is 12.2. The van der Waals surface area contributed by atoms with E-state index in [1.165, 1.54) is 0 Å². The summed E-state index contributed by atoms with van der Waals surface area (Å²) in [5.41, 5.74) is 1.97. The van der Waals surface area contributed by atoms with Crippen LogP contribution in [-0.4, -0.2) is 34.4 Å². The highest BCUT2D eigenvalue weighted by atomic mass is 79.9. The largest absolute Gasteiger partial charge is 0.492 e. The monoisotopic (exact) mass is 375 g/mol. The lowest BCUT2D eigenvalue weighted by molar-refractivity contribution is 0.299. The zero-order valence-electron chi connectivity index (χ0n) is 12.6. The number of aliphatic hydroxyl groups is 1. The Balaban J connectivity index is 1.75. The molecule has 0 radical (unpaired) electrons. The van der Waals surface area contributed by atoms with Crippen LogP contribution in [0.25, 0.3) is 11.0 Å². The fraction of sp³-hybridized carbons (Fsp3) is 0.235. The van der Waals surface area contributed by atoms with Gasteiger partial charge in [-0.3, -0.25) is 0 Å². The van der Waals surface area contributed by atoms with E-state index in [2.05, 4.69) is 30.8 Å². The van der Waals surface area contributed by atoms with Crippen LogP contribution in [0.2, 0.25) is 0 Å². The molecule has 120 valence electrons. The van der Waals surface area contributed by atoms with Crippen LogP contribution in [0.5, 0.6) is 5.75 Å². The highest BCUT2D eigenvalue weighted by molar-refractivity contribution is 9.10. The maximum absolute atomic E-state index is 9.02. The molecule has 0 bridgehead atoms. The van der Waals surface area contributed by atoms with E-state index >= 15 is 0 Å².